The predicted octanol–water partition coefficient (Wildman–Crippen LogP) is 2.42. The number of hydrogen-bond donors (Lipinski definition) is 3. The number of carbonyl (C=O) groups is 2. The van der Waals surface area contributed by atoms with Crippen molar-refractivity contribution in [3.05, 3.63) is 23.8 Å². The topological polar surface area (TPSA) is 70.2 Å². The Labute approximate surface area is 125 Å². The Bertz CT molecular complexity index is 522. The number of rotatable bonds is 5. The molecule has 1 aromatic rings. The lowest BCUT2D eigenvalue weighted by atomic mass is 10.1. The summed E-state index contributed by atoms with van der Waals surface area (Å²) in [6, 6.07) is 5.44. The van der Waals surface area contributed by atoms with E-state index >= 15 is 0 Å². The zero-order valence-corrected chi connectivity index (χ0v) is 12.7. The highest BCUT2D eigenvalue weighted by Crippen LogP contribution is 2.24. The molecule has 2 amide bonds. The van der Waals surface area contributed by atoms with Gasteiger partial charge in [0.25, 0.3) is 0 Å². The summed E-state index contributed by atoms with van der Waals surface area (Å²) in [6.45, 7) is 4.76. The fourth-order valence-electron chi connectivity index (χ4n) is 2.47. The van der Waals surface area contributed by atoms with Gasteiger partial charge in [-0.15, -0.1) is 0 Å². The molecule has 0 spiro atoms. The van der Waals surface area contributed by atoms with E-state index in [0.717, 1.165) is 42.7 Å². The maximum atomic E-state index is 12.1. The largest absolute Gasteiger partial charge is 0.326 e. The molecule has 5 nitrogen and oxygen atoms in total. The summed E-state index contributed by atoms with van der Waals surface area (Å²) in [5.41, 5.74) is 2.39. The molecular weight excluding hydrogens is 266 g/mol. The van der Waals surface area contributed by atoms with Gasteiger partial charge in [-0.3, -0.25) is 9.59 Å². The van der Waals surface area contributed by atoms with Crippen molar-refractivity contribution in [3.63, 3.8) is 0 Å². The van der Waals surface area contributed by atoms with Gasteiger partial charge in [0.2, 0.25) is 11.8 Å². The van der Waals surface area contributed by atoms with Crippen molar-refractivity contribution in [2.75, 3.05) is 17.2 Å². The number of hydrogen-bond acceptors (Lipinski definition) is 3. The van der Waals surface area contributed by atoms with E-state index in [2.05, 4.69) is 16.0 Å². The van der Waals surface area contributed by atoms with Gasteiger partial charge in [-0.2, -0.15) is 0 Å². The van der Waals surface area contributed by atoms with Crippen LogP contribution in [0, 0.1) is 6.92 Å². The van der Waals surface area contributed by atoms with Gasteiger partial charge in [0.05, 0.1) is 6.04 Å². The van der Waals surface area contributed by atoms with E-state index in [1.807, 2.05) is 32.0 Å². The summed E-state index contributed by atoms with van der Waals surface area (Å²) in [6.07, 6.45) is 3.22. The monoisotopic (exact) mass is 289 g/mol. The molecule has 1 aromatic carbocycles. The highest BCUT2D eigenvalue weighted by Gasteiger charge is 2.22. The van der Waals surface area contributed by atoms with Crippen LogP contribution in [0.1, 0.15) is 38.2 Å². The van der Waals surface area contributed by atoms with Crippen LogP contribution in [0.25, 0.3) is 0 Å². The molecule has 1 heterocycles. The molecule has 114 valence electrons. The summed E-state index contributed by atoms with van der Waals surface area (Å²) in [4.78, 5) is 23.8. The summed E-state index contributed by atoms with van der Waals surface area (Å²) < 4.78 is 0. The Balaban J connectivity index is 2.06. The highest BCUT2D eigenvalue weighted by molar-refractivity contribution is 5.98. The van der Waals surface area contributed by atoms with Crippen LogP contribution in [-0.2, 0) is 9.59 Å². The van der Waals surface area contributed by atoms with Crippen LogP contribution in [-0.4, -0.2) is 24.4 Å². The van der Waals surface area contributed by atoms with Crippen molar-refractivity contribution in [3.8, 4) is 0 Å². The molecule has 1 saturated heterocycles. The van der Waals surface area contributed by atoms with Crippen molar-refractivity contribution in [1.82, 2.24) is 5.32 Å². The maximum absolute atomic E-state index is 12.1. The predicted molar refractivity (Wildman–Crippen MR) is 84.4 cm³/mol. The van der Waals surface area contributed by atoms with Crippen molar-refractivity contribution in [2.24, 2.45) is 0 Å². The fraction of sp³-hybridized carbons (Fsp3) is 0.500. The molecule has 5 heteroatoms. The molecule has 3 N–H and O–H groups in total. The van der Waals surface area contributed by atoms with Crippen molar-refractivity contribution < 1.29 is 9.59 Å². The molecule has 0 aromatic heterocycles. The first-order valence-electron chi connectivity index (χ1n) is 7.55. The molecule has 2 rings (SSSR count). The van der Waals surface area contributed by atoms with E-state index in [4.69, 9.17) is 0 Å². The van der Waals surface area contributed by atoms with Crippen LogP contribution < -0.4 is 16.0 Å². The number of carbonyl (C=O) groups excluding carboxylic acids is 2. The molecule has 1 aliphatic heterocycles. The minimum absolute atomic E-state index is 0.00142. The van der Waals surface area contributed by atoms with Crippen molar-refractivity contribution in [1.29, 1.82) is 0 Å². The molecule has 0 radical (unpaired) electrons. The number of amides is 2. The third kappa shape index (κ3) is 4.04. The van der Waals surface area contributed by atoms with Crippen LogP contribution in [0.4, 0.5) is 11.4 Å². The van der Waals surface area contributed by atoms with Gasteiger partial charge >= 0.3 is 0 Å². The molecule has 1 atom stereocenters. The molecule has 1 aliphatic rings. The molecule has 1 unspecified atom stereocenters. The second-order valence-electron chi connectivity index (χ2n) is 5.41. The molecule has 0 saturated carbocycles. The van der Waals surface area contributed by atoms with Gasteiger partial charge in [0.15, 0.2) is 0 Å². The highest BCUT2D eigenvalue weighted by atomic mass is 16.2. The fourth-order valence-corrected chi connectivity index (χ4v) is 2.47. The minimum Gasteiger partial charge on any atom is -0.326 e. The Morgan fingerprint density at radius 3 is 2.62 bits per heavy atom. The molecular formula is C16H23N3O2. The first kappa shape index (κ1) is 15.5. The van der Waals surface area contributed by atoms with Gasteiger partial charge in [-0.25, -0.2) is 0 Å². The van der Waals surface area contributed by atoms with Crippen LogP contribution in [0.15, 0.2) is 18.2 Å². The SMILES string of the molecule is CCCC(=O)Nc1cccc(NC(=O)C2CCCN2)c1C. The molecule has 1 fully saturated rings. The quantitative estimate of drug-likeness (QED) is 0.779. The Morgan fingerprint density at radius 2 is 2.00 bits per heavy atom. The number of anilines is 2. The zero-order valence-electron chi connectivity index (χ0n) is 12.7. The first-order valence-corrected chi connectivity index (χ1v) is 7.55. The first-order chi connectivity index (χ1) is 10.1. The maximum Gasteiger partial charge on any atom is 0.241 e. The third-order valence-corrected chi connectivity index (χ3v) is 3.72. The molecule has 21 heavy (non-hydrogen) atoms. The summed E-state index contributed by atoms with van der Waals surface area (Å²) in [5.74, 6) is -0.00540. The lowest BCUT2D eigenvalue weighted by molar-refractivity contribution is -0.118. The normalized spacial score (nSPS) is 17.5. The number of benzene rings is 1. The minimum atomic E-state index is -0.109. The van der Waals surface area contributed by atoms with Gasteiger partial charge < -0.3 is 16.0 Å². The van der Waals surface area contributed by atoms with Gasteiger partial charge in [0, 0.05) is 17.8 Å². The number of nitrogens with one attached hydrogen (secondary N) is 3. The summed E-state index contributed by atoms with van der Waals surface area (Å²) in [5, 5.41) is 9.01. The van der Waals surface area contributed by atoms with E-state index in [0.29, 0.717) is 6.42 Å². The van der Waals surface area contributed by atoms with Crippen LogP contribution in [0.3, 0.4) is 0 Å². The zero-order chi connectivity index (χ0) is 15.2. The van der Waals surface area contributed by atoms with E-state index in [-0.39, 0.29) is 17.9 Å². The Hall–Kier alpha value is -1.88. The Morgan fingerprint density at radius 1 is 1.29 bits per heavy atom. The van der Waals surface area contributed by atoms with E-state index in [9.17, 15) is 9.59 Å². The smallest absolute Gasteiger partial charge is 0.241 e. The summed E-state index contributed by atoms with van der Waals surface area (Å²) >= 11 is 0. The van der Waals surface area contributed by atoms with E-state index in [1.165, 1.54) is 0 Å². The molecule has 0 bridgehead atoms. The lowest BCUT2D eigenvalue weighted by Gasteiger charge is -2.15. The average molecular weight is 289 g/mol. The summed E-state index contributed by atoms with van der Waals surface area (Å²) in [7, 11) is 0. The van der Waals surface area contributed by atoms with Crippen LogP contribution >= 0.6 is 0 Å². The second-order valence-corrected chi connectivity index (χ2v) is 5.41. The van der Waals surface area contributed by atoms with Crippen molar-refractivity contribution >= 4 is 23.2 Å². The van der Waals surface area contributed by atoms with Crippen molar-refractivity contribution in [2.45, 2.75) is 45.6 Å². The van der Waals surface area contributed by atoms with Crippen LogP contribution in [0.5, 0.6) is 0 Å². The average Bonchev–Trinajstić information content (AvgIpc) is 2.97. The van der Waals surface area contributed by atoms with Gasteiger partial charge in [0.1, 0.15) is 0 Å². The van der Waals surface area contributed by atoms with E-state index < -0.39 is 0 Å². The second kappa shape index (κ2) is 7.22. The van der Waals surface area contributed by atoms with E-state index in [1.54, 1.807) is 0 Å². The third-order valence-electron chi connectivity index (χ3n) is 3.72. The van der Waals surface area contributed by atoms with Crippen LogP contribution in [0.2, 0.25) is 0 Å². The molecule has 0 aliphatic carbocycles. The Kier molecular flexibility index (Phi) is 5.33. The lowest BCUT2D eigenvalue weighted by Crippen LogP contribution is -2.35. The van der Waals surface area contributed by atoms with Gasteiger partial charge in [-0.1, -0.05) is 13.0 Å². The standard InChI is InChI=1S/C16H23N3O2/c1-3-6-15(20)18-12-7-4-8-13(11(12)2)19-16(21)14-9-5-10-17-14/h4,7-8,14,17H,3,5-6,9-10H2,1-2H3,(H,18,20)(H,19,21). The van der Waals surface area contributed by atoms with Gasteiger partial charge in [-0.05, 0) is 50.4 Å².